The summed E-state index contributed by atoms with van der Waals surface area (Å²) in [7, 11) is 0. The van der Waals surface area contributed by atoms with E-state index < -0.39 is 24.0 Å². The Bertz CT molecular complexity index is 345. The maximum Gasteiger partial charge on any atom is 0.326 e. The van der Waals surface area contributed by atoms with Crippen LogP contribution in [0.15, 0.2) is 0 Å². The maximum absolute atomic E-state index is 11.7. The largest absolute Gasteiger partial charge is 0.480 e. The minimum absolute atomic E-state index is 0.0517. The molecule has 0 saturated heterocycles. The second-order valence-electron chi connectivity index (χ2n) is 5.15. The van der Waals surface area contributed by atoms with Gasteiger partial charge in [-0.3, -0.25) is 9.59 Å². The van der Waals surface area contributed by atoms with Crippen molar-refractivity contribution in [1.82, 2.24) is 10.6 Å². The molecule has 2 atom stereocenters. The zero-order chi connectivity index (χ0) is 15.7. The van der Waals surface area contributed by atoms with E-state index in [4.69, 9.17) is 10.8 Å². The fraction of sp³-hybridized carbons (Fsp3) is 0.769. The molecule has 2 amide bonds. The molecule has 20 heavy (non-hydrogen) atoms. The summed E-state index contributed by atoms with van der Waals surface area (Å²) < 4.78 is 0. The summed E-state index contributed by atoms with van der Waals surface area (Å²) in [5, 5.41) is 14.1. The summed E-state index contributed by atoms with van der Waals surface area (Å²) in [6, 6.07) is -1.65. The van der Waals surface area contributed by atoms with Gasteiger partial charge in [-0.05, 0) is 25.2 Å². The summed E-state index contributed by atoms with van der Waals surface area (Å²) in [4.78, 5) is 33.5. The number of unbranched alkanes of at least 4 members (excludes halogenated alkanes) is 1. The molecule has 0 bridgehead atoms. The molecule has 2 unspecified atom stereocenters. The predicted molar refractivity (Wildman–Crippen MR) is 74.9 cm³/mol. The van der Waals surface area contributed by atoms with Gasteiger partial charge in [0.15, 0.2) is 0 Å². The van der Waals surface area contributed by atoms with E-state index in [1.807, 2.05) is 0 Å². The molecule has 7 nitrogen and oxygen atoms in total. The van der Waals surface area contributed by atoms with Gasteiger partial charge in [-0.15, -0.1) is 0 Å². The van der Waals surface area contributed by atoms with Crippen LogP contribution in [0.25, 0.3) is 0 Å². The number of hydrogen-bond acceptors (Lipinski definition) is 4. The molecule has 0 aromatic heterocycles. The van der Waals surface area contributed by atoms with Crippen LogP contribution < -0.4 is 16.4 Å². The van der Waals surface area contributed by atoms with Crippen molar-refractivity contribution in [2.45, 2.75) is 52.1 Å². The van der Waals surface area contributed by atoms with Crippen LogP contribution in [-0.4, -0.2) is 41.5 Å². The molecule has 0 heterocycles. The number of rotatable bonds is 9. The van der Waals surface area contributed by atoms with Crippen LogP contribution >= 0.6 is 0 Å². The number of carbonyl (C=O) groups excluding carboxylic acids is 2. The lowest BCUT2D eigenvalue weighted by molar-refractivity contribution is -0.142. The summed E-state index contributed by atoms with van der Waals surface area (Å²) in [5.41, 5.74) is 5.67. The second-order valence-corrected chi connectivity index (χ2v) is 5.15. The number of carboxylic acid groups (broad SMARTS) is 1. The lowest BCUT2D eigenvalue weighted by Crippen LogP contribution is -2.50. The van der Waals surface area contributed by atoms with Crippen LogP contribution in [0.2, 0.25) is 0 Å². The molecule has 0 saturated carbocycles. The van der Waals surface area contributed by atoms with Gasteiger partial charge in [0.2, 0.25) is 11.8 Å². The van der Waals surface area contributed by atoms with Crippen LogP contribution in [-0.2, 0) is 14.4 Å². The van der Waals surface area contributed by atoms with E-state index in [-0.39, 0.29) is 11.8 Å². The highest BCUT2D eigenvalue weighted by Gasteiger charge is 2.24. The molecule has 0 aromatic carbocycles. The highest BCUT2D eigenvalue weighted by atomic mass is 16.4. The van der Waals surface area contributed by atoms with Crippen molar-refractivity contribution in [2.75, 3.05) is 6.54 Å². The molecular formula is C13H25N3O4. The van der Waals surface area contributed by atoms with E-state index in [2.05, 4.69) is 10.6 Å². The van der Waals surface area contributed by atoms with E-state index in [0.29, 0.717) is 25.8 Å². The molecule has 0 spiro atoms. The SMILES string of the molecule is CC(=O)NCCCCC(NC(=O)C(N)C(C)C)C(=O)O. The average Bonchev–Trinajstić information content (AvgIpc) is 2.34. The van der Waals surface area contributed by atoms with Gasteiger partial charge in [0.05, 0.1) is 6.04 Å². The van der Waals surface area contributed by atoms with Crippen molar-refractivity contribution in [3.8, 4) is 0 Å². The van der Waals surface area contributed by atoms with Crippen molar-refractivity contribution in [3.05, 3.63) is 0 Å². The predicted octanol–water partition coefficient (Wildman–Crippen LogP) is -0.154. The molecule has 0 radical (unpaired) electrons. The molecule has 5 N–H and O–H groups in total. The van der Waals surface area contributed by atoms with Crippen LogP contribution in [0.4, 0.5) is 0 Å². The Morgan fingerprint density at radius 1 is 1.20 bits per heavy atom. The summed E-state index contributed by atoms with van der Waals surface area (Å²) >= 11 is 0. The van der Waals surface area contributed by atoms with Gasteiger partial charge >= 0.3 is 5.97 Å². The number of amides is 2. The zero-order valence-corrected chi connectivity index (χ0v) is 12.3. The molecule has 7 heteroatoms. The Morgan fingerprint density at radius 3 is 2.25 bits per heavy atom. The van der Waals surface area contributed by atoms with Crippen molar-refractivity contribution >= 4 is 17.8 Å². The first-order valence-corrected chi connectivity index (χ1v) is 6.79. The van der Waals surface area contributed by atoms with E-state index in [9.17, 15) is 14.4 Å². The van der Waals surface area contributed by atoms with Crippen LogP contribution in [0.5, 0.6) is 0 Å². The van der Waals surface area contributed by atoms with Crippen molar-refractivity contribution in [1.29, 1.82) is 0 Å². The van der Waals surface area contributed by atoms with Crippen molar-refractivity contribution in [3.63, 3.8) is 0 Å². The van der Waals surface area contributed by atoms with Gasteiger partial charge in [0.1, 0.15) is 6.04 Å². The quantitative estimate of drug-likeness (QED) is 0.439. The fourth-order valence-corrected chi connectivity index (χ4v) is 1.57. The van der Waals surface area contributed by atoms with Crippen molar-refractivity contribution in [2.24, 2.45) is 11.7 Å². The lowest BCUT2D eigenvalue weighted by Gasteiger charge is -2.19. The third kappa shape index (κ3) is 7.73. The summed E-state index contributed by atoms with van der Waals surface area (Å²) in [6.07, 6.45) is 1.56. The van der Waals surface area contributed by atoms with Gasteiger partial charge in [-0.1, -0.05) is 13.8 Å². The molecule has 0 rings (SSSR count). The third-order valence-corrected chi connectivity index (χ3v) is 2.93. The van der Waals surface area contributed by atoms with Gasteiger partial charge < -0.3 is 21.5 Å². The zero-order valence-electron chi connectivity index (χ0n) is 12.3. The van der Waals surface area contributed by atoms with Gasteiger partial charge in [0.25, 0.3) is 0 Å². The summed E-state index contributed by atoms with van der Waals surface area (Å²) in [6.45, 7) is 5.52. The topological polar surface area (TPSA) is 122 Å². The maximum atomic E-state index is 11.7. The molecular weight excluding hydrogens is 262 g/mol. The Hall–Kier alpha value is -1.63. The first-order chi connectivity index (χ1) is 9.25. The number of carbonyl (C=O) groups is 3. The summed E-state index contributed by atoms with van der Waals surface area (Å²) in [5.74, 6) is -1.69. The van der Waals surface area contributed by atoms with Crippen LogP contribution in [0.1, 0.15) is 40.0 Å². The average molecular weight is 287 g/mol. The Kier molecular flexibility index (Phi) is 8.54. The monoisotopic (exact) mass is 287 g/mol. The van der Waals surface area contributed by atoms with E-state index >= 15 is 0 Å². The number of aliphatic carboxylic acids is 1. The number of nitrogens with two attached hydrogens (primary N) is 1. The Labute approximate surface area is 119 Å². The lowest BCUT2D eigenvalue weighted by atomic mass is 10.0. The van der Waals surface area contributed by atoms with E-state index in [0.717, 1.165) is 0 Å². The highest BCUT2D eigenvalue weighted by Crippen LogP contribution is 2.04. The molecule has 0 aliphatic heterocycles. The van der Waals surface area contributed by atoms with Crippen molar-refractivity contribution < 1.29 is 19.5 Å². The Morgan fingerprint density at radius 2 is 1.80 bits per heavy atom. The number of nitrogens with one attached hydrogen (secondary N) is 2. The van der Waals surface area contributed by atoms with Gasteiger partial charge in [-0.2, -0.15) is 0 Å². The molecule has 116 valence electrons. The minimum Gasteiger partial charge on any atom is -0.480 e. The van der Waals surface area contributed by atoms with Crippen LogP contribution in [0, 0.1) is 5.92 Å². The normalized spacial score (nSPS) is 13.7. The third-order valence-electron chi connectivity index (χ3n) is 2.93. The molecule has 0 aliphatic rings. The minimum atomic E-state index is -1.08. The second kappa shape index (κ2) is 9.30. The number of hydrogen-bond donors (Lipinski definition) is 4. The van der Waals surface area contributed by atoms with Gasteiger partial charge in [0, 0.05) is 13.5 Å². The highest BCUT2D eigenvalue weighted by molar-refractivity contribution is 5.86. The van der Waals surface area contributed by atoms with E-state index in [1.54, 1.807) is 13.8 Å². The fourth-order valence-electron chi connectivity index (χ4n) is 1.57. The standard InChI is InChI=1S/C13H25N3O4/c1-8(2)11(14)12(18)16-10(13(19)20)6-4-5-7-15-9(3)17/h8,10-11H,4-7,14H2,1-3H3,(H,15,17)(H,16,18)(H,19,20). The first-order valence-electron chi connectivity index (χ1n) is 6.79. The van der Waals surface area contributed by atoms with Crippen LogP contribution in [0.3, 0.4) is 0 Å². The molecule has 0 aliphatic carbocycles. The molecule has 0 aromatic rings. The molecule has 0 fully saturated rings. The van der Waals surface area contributed by atoms with Gasteiger partial charge in [-0.25, -0.2) is 4.79 Å². The smallest absolute Gasteiger partial charge is 0.326 e. The number of carboxylic acids is 1. The first kappa shape index (κ1) is 18.4. The van der Waals surface area contributed by atoms with E-state index in [1.165, 1.54) is 6.92 Å². The Balaban J connectivity index is 4.14.